The van der Waals surface area contributed by atoms with Crippen molar-refractivity contribution in [1.82, 2.24) is 19.7 Å². The highest BCUT2D eigenvalue weighted by Gasteiger charge is 2.38. The molecule has 0 spiro atoms. The van der Waals surface area contributed by atoms with Crippen molar-refractivity contribution >= 4 is 11.6 Å². The topological polar surface area (TPSA) is 105 Å². The zero-order valence-corrected chi connectivity index (χ0v) is 19.2. The second-order valence-corrected chi connectivity index (χ2v) is 8.38. The van der Waals surface area contributed by atoms with Gasteiger partial charge >= 0.3 is 12.4 Å². The molecule has 0 bridgehead atoms. The van der Waals surface area contributed by atoms with Gasteiger partial charge in [0.2, 0.25) is 0 Å². The predicted octanol–water partition coefficient (Wildman–Crippen LogP) is 4.70. The minimum absolute atomic E-state index is 0.0963. The first-order valence-electron chi connectivity index (χ1n) is 10.1. The first-order valence-corrected chi connectivity index (χ1v) is 10.1. The Balaban J connectivity index is 2.09. The molecule has 36 heavy (non-hydrogen) atoms. The molecule has 3 N–H and O–H groups in total. The highest BCUT2D eigenvalue weighted by Crippen LogP contribution is 2.36. The summed E-state index contributed by atoms with van der Waals surface area (Å²) in [4.78, 5) is 16.9. The van der Waals surface area contributed by atoms with E-state index in [9.17, 15) is 36.2 Å². The zero-order chi connectivity index (χ0) is 27.2. The molecule has 3 rings (SSSR count). The van der Waals surface area contributed by atoms with Crippen LogP contribution in [0.4, 0.5) is 36.4 Å². The van der Waals surface area contributed by atoms with E-state index < -0.39 is 59.0 Å². The van der Waals surface area contributed by atoms with Crippen LogP contribution in [-0.2, 0) is 18.8 Å². The lowest BCUT2D eigenvalue weighted by molar-refractivity contribution is -0.153. The molecule has 0 aliphatic carbocycles. The second kappa shape index (κ2) is 9.11. The number of nitrogens with one attached hydrogen (secondary N) is 2. The van der Waals surface area contributed by atoms with Crippen LogP contribution in [0, 0.1) is 12.7 Å². The molecular weight excluding hydrogens is 503 g/mol. The number of alkyl halides is 6. The second-order valence-electron chi connectivity index (χ2n) is 8.38. The van der Waals surface area contributed by atoms with Crippen molar-refractivity contribution in [3.05, 3.63) is 46.9 Å². The number of anilines is 1. The average molecular weight is 523 g/mol. The third-order valence-electron chi connectivity index (χ3n) is 4.86. The fraction of sp³-hybridized carbons (Fsp3) is 0.381. The molecule has 0 aliphatic heterocycles. The van der Waals surface area contributed by atoms with Crippen molar-refractivity contribution in [2.24, 2.45) is 7.05 Å². The average Bonchev–Trinajstić information content (AvgIpc) is 3.28. The number of aryl methyl sites for hydroxylation is 2. The Labute approximate surface area is 199 Å². The molecule has 8 nitrogen and oxygen atoms in total. The van der Waals surface area contributed by atoms with Crippen molar-refractivity contribution in [3.8, 4) is 17.0 Å². The summed E-state index contributed by atoms with van der Waals surface area (Å²) >= 11 is 0. The number of aromatic nitrogens is 4. The van der Waals surface area contributed by atoms with E-state index in [2.05, 4.69) is 15.2 Å². The number of nitrogens with zero attached hydrogens (tertiary/aromatic N) is 3. The molecule has 0 atom stereocenters. The molecule has 0 aliphatic rings. The van der Waals surface area contributed by atoms with Crippen molar-refractivity contribution < 1.29 is 45.4 Å². The number of rotatable bonds is 6. The van der Waals surface area contributed by atoms with Crippen LogP contribution in [0.2, 0.25) is 0 Å². The van der Waals surface area contributed by atoms with Gasteiger partial charge in [-0.2, -0.15) is 31.4 Å². The quantitative estimate of drug-likeness (QED) is 0.407. The zero-order valence-electron chi connectivity index (χ0n) is 19.2. The van der Waals surface area contributed by atoms with Crippen LogP contribution in [0.5, 0.6) is 5.75 Å². The molecule has 0 radical (unpaired) electrons. The Bertz CT molecular complexity index is 1290. The molecule has 2 aromatic heterocycles. The van der Waals surface area contributed by atoms with Crippen LogP contribution >= 0.6 is 0 Å². The molecular formula is C21H20F7N5O3. The summed E-state index contributed by atoms with van der Waals surface area (Å²) in [6, 6.07) is 1.30. The van der Waals surface area contributed by atoms with E-state index in [1.165, 1.54) is 38.6 Å². The molecule has 0 fully saturated rings. The SMILES string of the molecule is Cc1[nH]nc(C(F)(F)F)c1NC(=O)c1cc(F)c(-c2cn(C)c(C(C)(C)O)n2)cc1OCC(F)(F)F. The third-order valence-corrected chi connectivity index (χ3v) is 4.86. The van der Waals surface area contributed by atoms with E-state index in [0.29, 0.717) is 6.07 Å². The number of H-pyrrole nitrogens is 1. The van der Waals surface area contributed by atoms with Gasteiger partial charge < -0.3 is 19.7 Å². The van der Waals surface area contributed by atoms with Gasteiger partial charge in [0, 0.05) is 18.8 Å². The standard InChI is InChI=1S/C21H20F7N5O3/c1-9-15(16(32-31-9)21(26,27)28)30-17(34)11-5-12(22)10(6-14(11)36-8-20(23,24)25)13-7-33(4)18(29-13)19(2,3)35/h5-7,35H,8H2,1-4H3,(H,30,34)(H,31,32). The van der Waals surface area contributed by atoms with Crippen LogP contribution in [0.1, 0.15) is 41.4 Å². The van der Waals surface area contributed by atoms with Gasteiger partial charge in [-0.1, -0.05) is 0 Å². The number of carbonyl (C=O) groups is 1. The number of carbonyl (C=O) groups excluding carboxylic acids is 1. The highest BCUT2D eigenvalue weighted by atomic mass is 19.4. The monoisotopic (exact) mass is 523 g/mol. The lowest BCUT2D eigenvalue weighted by atomic mass is 10.1. The van der Waals surface area contributed by atoms with E-state index >= 15 is 4.39 Å². The molecule has 0 saturated heterocycles. The third kappa shape index (κ3) is 5.78. The summed E-state index contributed by atoms with van der Waals surface area (Å²) in [7, 11) is 1.50. The minimum atomic E-state index is -4.96. The van der Waals surface area contributed by atoms with Crippen molar-refractivity contribution in [1.29, 1.82) is 0 Å². The van der Waals surface area contributed by atoms with E-state index in [0.717, 1.165) is 6.07 Å². The number of aromatic amines is 1. The van der Waals surface area contributed by atoms with Crippen LogP contribution in [-0.4, -0.2) is 43.5 Å². The number of amides is 1. The van der Waals surface area contributed by atoms with Gasteiger partial charge in [-0.05, 0) is 32.9 Å². The first kappa shape index (κ1) is 27.0. The fourth-order valence-electron chi connectivity index (χ4n) is 3.34. The summed E-state index contributed by atoms with van der Waals surface area (Å²) in [6.45, 7) is 2.12. The smallest absolute Gasteiger partial charge is 0.437 e. The number of ether oxygens (including phenoxy) is 1. The Morgan fingerprint density at radius 3 is 2.36 bits per heavy atom. The molecule has 1 aromatic carbocycles. The van der Waals surface area contributed by atoms with E-state index in [-0.39, 0.29) is 22.8 Å². The van der Waals surface area contributed by atoms with Gasteiger partial charge in [0.05, 0.1) is 22.6 Å². The van der Waals surface area contributed by atoms with Gasteiger partial charge in [-0.15, -0.1) is 0 Å². The Morgan fingerprint density at radius 1 is 1.19 bits per heavy atom. The number of aliphatic hydroxyl groups is 1. The van der Waals surface area contributed by atoms with Crippen molar-refractivity contribution in [2.45, 2.75) is 38.7 Å². The number of hydrogen-bond acceptors (Lipinski definition) is 5. The van der Waals surface area contributed by atoms with E-state index in [1.807, 2.05) is 5.32 Å². The maximum atomic E-state index is 15.0. The predicted molar refractivity (Wildman–Crippen MR) is 112 cm³/mol. The Morgan fingerprint density at radius 2 is 1.83 bits per heavy atom. The molecule has 15 heteroatoms. The summed E-state index contributed by atoms with van der Waals surface area (Å²) < 4.78 is 99.2. The Hall–Kier alpha value is -3.62. The maximum absolute atomic E-state index is 15.0. The molecule has 3 aromatic rings. The van der Waals surface area contributed by atoms with Gasteiger partial charge in [0.15, 0.2) is 12.3 Å². The molecule has 0 saturated carbocycles. The van der Waals surface area contributed by atoms with E-state index in [1.54, 1.807) is 0 Å². The minimum Gasteiger partial charge on any atom is -0.483 e. The highest BCUT2D eigenvalue weighted by molar-refractivity contribution is 6.07. The van der Waals surface area contributed by atoms with Gasteiger partial charge in [-0.25, -0.2) is 9.37 Å². The summed E-state index contributed by atoms with van der Waals surface area (Å²) in [5.74, 6) is -3.15. The first-order chi connectivity index (χ1) is 16.4. The van der Waals surface area contributed by atoms with Crippen LogP contribution < -0.4 is 10.1 Å². The number of halogens is 7. The number of hydrogen-bond donors (Lipinski definition) is 3. The van der Waals surface area contributed by atoms with Gasteiger partial charge in [-0.3, -0.25) is 9.89 Å². The summed E-state index contributed by atoms with van der Waals surface area (Å²) in [5, 5.41) is 17.2. The Kier molecular flexibility index (Phi) is 6.83. The lowest BCUT2D eigenvalue weighted by Gasteiger charge is -2.16. The van der Waals surface area contributed by atoms with Gasteiger partial charge in [0.1, 0.15) is 23.0 Å². The maximum Gasteiger partial charge on any atom is 0.437 e. The largest absolute Gasteiger partial charge is 0.483 e. The van der Waals surface area contributed by atoms with Gasteiger partial charge in [0.25, 0.3) is 5.91 Å². The summed E-state index contributed by atoms with van der Waals surface area (Å²) in [6.07, 6.45) is -8.51. The summed E-state index contributed by atoms with van der Waals surface area (Å²) in [5.41, 5.74) is -5.16. The van der Waals surface area contributed by atoms with Crippen LogP contribution in [0.3, 0.4) is 0 Å². The van der Waals surface area contributed by atoms with E-state index in [4.69, 9.17) is 4.74 Å². The fourth-order valence-corrected chi connectivity index (χ4v) is 3.34. The normalized spacial score (nSPS) is 12.7. The number of benzene rings is 1. The van der Waals surface area contributed by atoms with Crippen LogP contribution in [0.25, 0.3) is 11.3 Å². The molecule has 1 amide bonds. The molecule has 2 heterocycles. The van der Waals surface area contributed by atoms with Crippen molar-refractivity contribution in [2.75, 3.05) is 11.9 Å². The van der Waals surface area contributed by atoms with Crippen LogP contribution in [0.15, 0.2) is 18.3 Å². The molecule has 196 valence electrons. The number of imidazole rings is 1. The van der Waals surface area contributed by atoms with Crippen molar-refractivity contribution in [3.63, 3.8) is 0 Å². The lowest BCUT2D eigenvalue weighted by Crippen LogP contribution is -2.22. The molecule has 0 unspecified atom stereocenters.